The molecule has 0 saturated carbocycles. The molecule has 0 radical (unpaired) electrons. The minimum absolute atomic E-state index is 0.00514. The Morgan fingerprint density at radius 2 is 1.81 bits per heavy atom. The van der Waals surface area contributed by atoms with Gasteiger partial charge in [0.1, 0.15) is 5.01 Å². The molecule has 3 aromatic rings. The Labute approximate surface area is 151 Å². The number of halogens is 3. The lowest BCUT2D eigenvalue weighted by atomic mass is 9.87. The largest absolute Gasteiger partial charge is 0.453 e. The molecule has 0 saturated heterocycles. The summed E-state index contributed by atoms with van der Waals surface area (Å²) in [4.78, 5) is 12.2. The van der Waals surface area contributed by atoms with Crippen molar-refractivity contribution >= 4 is 22.2 Å². The maximum absolute atomic E-state index is 12.8. The van der Waals surface area contributed by atoms with Crippen molar-refractivity contribution < 1.29 is 18.0 Å². The number of carbonyl (C=O) groups is 1. The molecule has 10 heteroatoms. The van der Waals surface area contributed by atoms with Gasteiger partial charge in [-0.2, -0.15) is 22.8 Å². The minimum Gasteiger partial charge on any atom is -0.345 e. The lowest BCUT2D eigenvalue weighted by Gasteiger charge is -2.19. The summed E-state index contributed by atoms with van der Waals surface area (Å²) in [6, 6.07) is 7.20. The molecular weight excluding hydrogens is 367 g/mol. The van der Waals surface area contributed by atoms with Crippen LogP contribution in [0.15, 0.2) is 24.3 Å². The first-order valence-corrected chi connectivity index (χ1v) is 8.54. The maximum atomic E-state index is 12.8. The Bertz CT molecular complexity index is 938. The van der Waals surface area contributed by atoms with Gasteiger partial charge in [0.05, 0.1) is 6.54 Å². The number of hydrogen-bond acceptors (Lipinski definition) is 5. The van der Waals surface area contributed by atoms with Gasteiger partial charge in [-0.15, -0.1) is 10.2 Å². The zero-order valence-electron chi connectivity index (χ0n) is 14.3. The van der Waals surface area contributed by atoms with Crippen LogP contribution in [0.3, 0.4) is 0 Å². The molecule has 0 unspecified atom stereocenters. The molecule has 1 aromatic carbocycles. The topological polar surface area (TPSA) is 72.2 Å². The van der Waals surface area contributed by atoms with Gasteiger partial charge >= 0.3 is 6.18 Å². The quantitative estimate of drug-likeness (QED) is 0.752. The highest BCUT2D eigenvalue weighted by Gasteiger charge is 2.38. The van der Waals surface area contributed by atoms with E-state index >= 15 is 0 Å². The molecule has 2 heterocycles. The lowest BCUT2D eigenvalue weighted by Crippen LogP contribution is -2.23. The van der Waals surface area contributed by atoms with Crippen LogP contribution in [0.5, 0.6) is 0 Å². The Balaban J connectivity index is 1.70. The normalized spacial score (nSPS) is 12.5. The minimum atomic E-state index is -4.64. The molecule has 0 aliphatic carbocycles. The second kappa shape index (κ2) is 6.35. The number of amides is 1. The monoisotopic (exact) mass is 383 g/mol. The Morgan fingerprint density at radius 3 is 2.38 bits per heavy atom. The third-order valence-electron chi connectivity index (χ3n) is 3.70. The van der Waals surface area contributed by atoms with Gasteiger partial charge in [-0.05, 0) is 23.1 Å². The number of hydrogen-bond donors (Lipinski definition) is 1. The van der Waals surface area contributed by atoms with Gasteiger partial charge in [0.25, 0.3) is 11.7 Å². The van der Waals surface area contributed by atoms with E-state index in [1.807, 2.05) is 12.1 Å². The summed E-state index contributed by atoms with van der Waals surface area (Å²) in [6.45, 7) is 6.23. The van der Waals surface area contributed by atoms with Crippen molar-refractivity contribution in [3.63, 3.8) is 0 Å². The molecule has 1 amide bonds. The first-order chi connectivity index (χ1) is 12.1. The molecule has 0 spiro atoms. The van der Waals surface area contributed by atoms with Crippen LogP contribution in [0.1, 0.15) is 47.5 Å². The van der Waals surface area contributed by atoms with E-state index in [1.54, 1.807) is 12.1 Å². The van der Waals surface area contributed by atoms with Crippen LogP contribution in [0, 0.1) is 0 Å². The molecule has 1 N–H and O–H groups in total. The number of nitrogens with zero attached hydrogens (tertiary/aromatic N) is 4. The fourth-order valence-corrected chi connectivity index (χ4v) is 3.06. The van der Waals surface area contributed by atoms with Gasteiger partial charge in [0, 0.05) is 5.56 Å². The second-order valence-electron chi connectivity index (χ2n) is 6.72. The van der Waals surface area contributed by atoms with Gasteiger partial charge in [-0.25, -0.2) is 0 Å². The zero-order chi connectivity index (χ0) is 19.1. The molecule has 3 rings (SSSR count). The number of fused-ring (bicyclic) bond motifs is 1. The fourth-order valence-electron chi connectivity index (χ4n) is 2.28. The smallest absolute Gasteiger partial charge is 0.345 e. The number of aromatic nitrogens is 4. The van der Waals surface area contributed by atoms with Gasteiger partial charge in [-0.1, -0.05) is 44.2 Å². The van der Waals surface area contributed by atoms with Crippen molar-refractivity contribution in [2.24, 2.45) is 0 Å². The Morgan fingerprint density at radius 1 is 1.15 bits per heavy atom. The van der Waals surface area contributed by atoms with E-state index in [-0.39, 0.29) is 22.8 Å². The van der Waals surface area contributed by atoms with E-state index in [0.717, 1.165) is 16.9 Å². The summed E-state index contributed by atoms with van der Waals surface area (Å²) in [6.07, 6.45) is -4.64. The molecule has 0 aliphatic rings. The van der Waals surface area contributed by atoms with Crippen LogP contribution < -0.4 is 5.32 Å². The van der Waals surface area contributed by atoms with E-state index in [9.17, 15) is 18.0 Å². The van der Waals surface area contributed by atoms with E-state index in [2.05, 4.69) is 41.4 Å². The maximum Gasteiger partial charge on any atom is 0.453 e. The summed E-state index contributed by atoms with van der Waals surface area (Å²) < 4.78 is 39.0. The molecule has 0 atom stereocenters. The predicted molar refractivity (Wildman–Crippen MR) is 90.0 cm³/mol. The third-order valence-corrected chi connectivity index (χ3v) is 4.60. The van der Waals surface area contributed by atoms with Crippen LogP contribution in [0.4, 0.5) is 13.2 Å². The van der Waals surface area contributed by atoms with E-state index in [1.165, 1.54) is 0 Å². The van der Waals surface area contributed by atoms with Crippen molar-refractivity contribution in [1.82, 2.24) is 25.1 Å². The predicted octanol–water partition coefficient (Wildman–Crippen LogP) is 3.43. The number of alkyl halides is 3. The molecule has 138 valence electrons. The van der Waals surface area contributed by atoms with Crippen molar-refractivity contribution in [2.75, 3.05) is 0 Å². The van der Waals surface area contributed by atoms with Crippen LogP contribution in [-0.4, -0.2) is 25.7 Å². The van der Waals surface area contributed by atoms with E-state index < -0.39 is 12.0 Å². The first kappa shape index (κ1) is 18.3. The highest BCUT2D eigenvalue weighted by atomic mass is 32.1. The van der Waals surface area contributed by atoms with E-state index in [0.29, 0.717) is 15.1 Å². The van der Waals surface area contributed by atoms with Crippen molar-refractivity contribution in [2.45, 2.75) is 38.9 Å². The standard InChI is InChI=1S/C16H16F3N5OS/c1-15(2,3)10-6-4-9(5-7-10)12(25)20-8-11-23-24-13(16(17,18)19)21-22-14(24)26-11/h4-7H,8H2,1-3H3,(H,20,25). The average Bonchev–Trinajstić information content (AvgIpc) is 3.10. The highest BCUT2D eigenvalue weighted by Crippen LogP contribution is 2.29. The molecule has 0 fully saturated rings. The first-order valence-electron chi connectivity index (χ1n) is 7.73. The van der Waals surface area contributed by atoms with Gasteiger partial charge in [0.2, 0.25) is 4.96 Å². The summed E-state index contributed by atoms with van der Waals surface area (Å²) in [5.41, 5.74) is 1.55. The summed E-state index contributed by atoms with van der Waals surface area (Å²) in [5.74, 6) is -1.51. The molecule has 6 nitrogen and oxygen atoms in total. The molecule has 0 bridgehead atoms. The number of carbonyl (C=O) groups excluding carboxylic acids is 1. The van der Waals surface area contributed by atoms with E-state index in [4.69, 9.17) is 0 Å². The van der Waals surface area contributed by atoms with Crippen LogP contribution >= 0.6 is 11.3 Å². The zero-order valence-corrected chi connectivity index (χ0v) is 15.1. The number of rotatable bonds is 3. The second-order valence-corrected chi connectivity index (χ2v) is 7.76. The van der Waals surface area contributed by atoms with Crippen molar-refractivity contribution in [3.8, 4) is 0 Å². The lowest BCUT2D eigenvalue weighted by molar-refractivity contribution is -0.146. The fraction of sp³-hybridized carbons (Fsp3) is 0.375. The van der Waals surface area contributed by atoms with Gasteiger partial charge in [0.15, 0.2) is 0 Å². The molecule has 26 heavy (non-hydrogen) atoms. The summed E-state index contributed by atoms with van der Waals surface area (Å²) in [7, 11) is 0. The van der Waals surface area contributed by atoms with Gasteiger partial charge in [-0.3, -0.25) is 4.79 Å². The van der Waals surface area contributed by atoms with Crippen LogP contribution in [0.25, 0.3) is 4.96 Å². The molecular formula is C16H16F3N5OS. The Kier molecular flexibility index (Phi) is 4.47. The SMILES string of the molecule is CC(C)(C)c1ccc(C(=O)NCc2nn3c(C(F)(F)F)nnc3s2)cc1. The van der Waals surface area contributed by atoms with Gasteiger partial charge < -0.3 is 5.32 Å². The summed E-state index contributed by atoms with van der Waals surface area (Å²) >= 11 is 0.941. The van der Waals surface area contributed by atoms with Crippen LogP contribution in [0.2, 0.25) is 0 Å². The molecule has 0 aliphatic heterocycles. The third kappa shape index (κ3) is 3.69. The number of nitrogens with one attached hydrogen (secondary N) is 1. The van der Waals surface area contributed by atoms with Crippen molar-refractivity contribution in [1.29, 1.82) is 0 Å². The number of benzene rings is 1. The molecule has 2 aromatic heterocycles. The van der Waals surface area contributed by atoms with Crippen molar-refractivity contribution in [3.05, 3.63) is 46.2 Å². The average molecular weight is 383 g/mol. The summed E-state index contributed by atoms with van der Waals surface area (Å²) in [5, 5.41) is 13.3. The highest BCUT2D eigenvalue weighted by molar-refractivity contribution is 7.16. The van der Waals surface area contributed by atoms with Crippen LogP contribution in [-0.2, 0) is 18.1 Å². The Hall–Kier alpha value is -2.49.